The van der Waals surface area contributed by atoms with Crippen molar-refractivity contribution in [2.24, 2.45) is 0 Å². The van der Waals surface area contributed by atoms with Crippen LogP contribution in [0, 0.1) is 5.82 Å². The molecule has 0 unspecified atom stereocenters. The molecule has 0 fully saturated rings. The van der Waals surface area contributed by atoms with Gasteiger partial charge in [-0.3, -0.25) is 0 Å². The van der Waals surface area contributed by atoms with Crippen LogP contribution in [0.5, 0.6) is 0 Å². The van der Waals surface area contributed by atoms with Crippen molar-refractivity contribution in [3.63, 3.8) is 0 Å². The van der Waals surface area contributed by atoms with Crippen LogP contribution in [-0.4, -0.2) is 17.6 Å². The van der Waals surface area contributed by atoms with Crippen molar-refractivity contribution >= 4 is 11.7 Å². The van der Waals surface area contributed by atoms with Crippen LogP contribution in [0.15, 0.2) is 30.9 Å². The first kappa shape index (κ1) is 11.2. The van der Waals surface area contributed by atoms with Crippen molar-refractivity contribution < 1.29 is 14.3 Å². The average molecular weight is 209 g/mol. The Morgan fingerprint density at radius 2 is 2.33 bits per heavy atom. The van der Waals surface area contributed by atoms with Crippen molar-refractivity contribution in [3.8, 4) is 0 Å². The van der Waals surface area contributed by atoms with E-state index in [2.05, 4.69) is 11.9 Å². The maximum absolute atomic E-state index is 13.3. The number of nitrogens with one attached hydrogen (secondary N) is 1. The van der Waals surface area contributed by atoms with Gasteiger partial charge >= 0.3 is 5.97 Å². The number of hydrogen-bond donors (Lipinski definition) is 2. The van der Waals surface area contributed by atoms with Crippen molar-refractivity contribution in [1.29, 1.82) is 0 Å². The fraction of sp³-hybridized carbons (Fsp3) is 0.182. The summed E-state index contributed by atoms with van der Waals surface area (Å²) in [4.78, 5) is 10.8. The average Bonchev–Trinajstić information content (AvgIpc) is 2.20. The molecule has 4 heteroatoms. The molecular formula is C11H12FNO2. The number of anilines is 1. The zero-order valence-electron chi connectivity index (χ0n) is 8.16. The first-order valence-corrected chi connectivity index (χ1v) is 4.53. The lowest BCUT2D eigenvalue weighted by Gasteiger charge is -2.09. The summed E-state index contributed by atoms with van der Waals surface area (Å²) < 4.78 is 13.3. The number of carboxylic acid groups (broad SMARTS) is 1. The molecule has 0 aliphatic rings. The molecule has 0 aliphatic heterocycles. The normalized spacial score (nSPS) is 9.67. The zero-order chi connectivity index (χ0) is 11.3. The second-order valence-corrected chi connectivity index (χ2v) is 2.97. The monoisotopic (exact) mass is 209 g/mol. The highest BCUT2D eigenvalue weighted by atomic mass is 19.1. The fourth-order valence-electron chi connectivity index (χ4n) is 1.18. The topological polar surface area (TPSA) is 49.3 Å². The maximum Gasteiger partial charge on any atom is 0.337 e. The molecule has 2 N–H and O–H groups in total. The van der Waals surface area contributed by atoms with Crippen LogP contribution >= 0.6 is 0 Å². The molecule has 15 heavy (non-hydrogen) atoms. The Kier molecular flexibility index (Phi) is 3.85. The number of hydrogen-bond acceptors (Lipinski definition) is 2. The van der Waals surface area contributed by atoms with Crippen LogP contribution in [0.1, 0.15) is 16.8 Å². The Hall–Kier alpha value is -1.84. The minimum atomic E-state index is -1.14. The smallest absolute Gasteiger partial charge is 0.337 e. The molecule has 0 saturated carbocycles. The van der Waals surface area contributed by atoms with E-state index in [9.17, 15) is 9.18 Å². The molecule has 0 amide bonds. The van der Waals surface area contributed by atoms with Gasteiger partial charge < -0.3 is 10.4 Å². The van der Waals surface area contributed by atoms with E-state index in [1.807, 2.05) is 0 Å². The van der Waals surface area contributed by atoms with Crippen molar-refractivity contribution in [3.05, 3.63) is 42.2 Å². The SMILES string of the molecule is C=CCCNc1c(F)cccc1C(=O)O. The third-order valence-corrected chi connectivity index (χ3v) is 1.89. The largest absolute Gasteiger partial charge is 0.478 e. The third kappa shape index (κ3) is 2.80. The first-order valence-electron chi connectivity index (χ1n) is 4.53. The highest BCUT2D eigenvalue weighted by molar-refractivity contribution is 5.94. The number of carbonyl (C=O) groups is 1. The number of benzene rings is 1. The molecule has 0 aromatic heterocycles. The fourth-order valence-corrected chi connectivity index (χ4v) is 1.18. The van der Waals surface area contributed by atoms with E-state index in [1.165, 1.54) is 18.2 Å². The standard InChI is InChI=1S/C11H12FNO2/c1-2-3-7-13-10-8(11(14)15)5-4-6-9(10)12/h2,4-6,13H,1,3,7H2,(H,14,15). The molecular weight excluding hydrogens is 197 g/mol. The second-order valence-electron chi connectivity index (χ2n) is 2.97. The van der Waals surface area contributed by atoms with Crippen LogP contribution < -0.4 is 5.32 Å². The first-order chi connectivity index (χ1) is 7.16. The molecule has 0 atom stereocenters. The van der Waals surface area contributed by atoms with Gasteiger partial charge in [0, 0.05) is 6.54 Å². The minimum Gasteiger partial charge on any atom is -0.478 e. The molecule has 0 bridgehead atoms. The summed E-state index contributed by atoms with van der Waals surface area (Å²) in [5, 5.41) is 11.6. The molecule has 1 rings (SSSR count). The van der Waals surface area contributed by atoms with E-state index in [1.54, 1.807) is 6.08 Å². The van der Waals surface area contributed by atoms with E-state index in [-0.39, 0.29) is 11.3 Å². The van der Waals surface area contributed by atoms with Crippen LogP contribution in [0.25, 0.3) is 0 Å². The number of carboxylic acids is 1. The Labute approximate surface area is 87.2 Å². The molecule has 3 nitrogen and oxygen atoms in total. The second kappa shape index (κ2) is 5.14. The summed E-state index contributed by atoms with van der Waals surface area (Å²) in [5.41, 5.74) is -0.0223. The van der Waals surface area contributed by atoms with Gasteiger partial charge in [-0.1, -0.05) is 12.1 Å². The van der Waals surface area contributed by atoms with Crippen LogP contribution in [0.2, 0.25) is 0 Å². The number of para-hydroxylation sites is 1. The van der Waals surface area contributed by atoms with Crippen LogP contribution in [0.4, 0.5) is 10.1 Å². The van der Waals surface area contributed by atoms with Gasteiger partial charge in [0.05, 0.1) is 11.3 Å². The third-order valence-electron chi connectivity index (χ3n) is 1.89. The van der Waals surface area contributed by atoms with Gasteiger partial charge in [0.25, 0.3) is 0 Å². The van der Waals surface area contributed by atoms with E-state index >= 15 is 0 Å². The van der Waals surface area contributed by atoms with E-state index in [4.69, 9.17) is 5.11 Å². The molecule has 0 aliphatic carbocycles. The number of rotatable bonds is 5. The molecule has 0 heterocycles. The van der Waals surface area contributed by atoms with Crippen LogP contribution in [-0.2, 0) is 0 Å². The van der Waals surface area contributed by atoms with Crippen molar-refractivity contribution in [2.45, 2.75) is 6.42 Å². The van der Waals surface area contributed by atoms with Crippen LogP contribution in [0.3, 0.4) is 0 Å². The zero-order valence-corrected chi connectivity index (χ0v) is 8.16. The lowest BCUT2D eigenvalue weighted by molar-refractivity contribution is 0.0697. The van der Waals surface area contributed by atoms with Gasteiger partial charge in [-0.2, -0.15) is 0 Å². The van der Waals surface area contributed by atoms with Gasteiger partial charge in [0.1, 0.15) is 5.82 Å². The van der Waals surface area contributed by atoms with Gasteiger partial charge in [0.2, 0.25) is 0 Å². The van der Waals surface area contributed by atoms with Gasteiger partial charge in [-0.05, 0) is 18.6 Å². The summed E-state index contributed by atoms with van der Waals surface area (Å²) in [7, 11) is 0. The number of halogens is 1. The quantitative estimate of drug-likeness (QED) is 0.578. The van der Waals surface area contributed by atoms with Gasteiger partial charge in [-0.15, -0.1) is 6.58 Å². The molecule has 0 radical (unpaired) electrons. The Morgan fingerprint density at radius 3 is 2.93 bits per heavy atom. The maximum atomic E-state index is 13.3. The molecule has 80 valence electrons. The van der Waals surface area contributed by atoms with Gasteiger partial charge in [0.15, 0.2) is 0 Å². The van der Waals surface area contributed by atoms with Crippen molar-refractivity contribution in [2.75, 3.05) is 11.9 Å². The highest BCUT2D eigenvalue weighted by Crippen LogP contribution is 2.19. The molecule has 1 aromatic carbocycles. The summed E-state index contributed by atoms with van der Waals surface area (Å²) in [6.07, 6.45) is 2.32. The predicted molar refractivity (Wildman–Crippen MR) is 56.7 cm³/mol. The lowest BCUT2D eigenvalue weighted by atomic mass is 10.1. The van der Waals surface area contributed by atoms with E-state index in [0.29, 0.717) is 13.0 Å². The van der Waals surface area contributed by atoms with E-state index < -0.39 is 11.8 Å². The Morgan fingerprint density at radius 1 is 1.60 bits per heavy atom. The molecule has 0 saturated heterocycles. The Bertz CT molecular complexity index is 377. The van der Waals surface area contributed by atoms with Gasteiger partial charge in [-0.25, -0.2) is 9.18 Å². The lowest BCUT2D eigenvalue weighted by Crippen LogP contribution is -2.09. The summed E-state index contributed by atoms with van der Waals surface area (Å²) >= 11 is 0. The predicted octanol–water partition coefficient (Wildman–Crippen LogP) is 2.51. The molecule has 1 aromatic rings. The summed E-state index contributed by atoms with van der Waals surface area (Å²) in [5.74, 6) is -1.70. The van der Waals surface area contributed by atoms with E-state index in [0.717, 1.165) is 0 Å². The minimum absolute atomic E-state index is 0.0341. The summed E-state index contributed by atoms with van der Waals surface area (Å²) in [6, 6.07) is 3.96. The number of aromatic carboxylic acids is 1. The highest BCUT2D eigenvalue weighted by Gasteiger charge is 2.12. The summed E-state index contributed by atoms with van der Waals surface area (Å²) in [6.45, 7) is 3.98. The molecule has 0 spiro atoms. The Balaban J connectivity index is 2.92. The van der Waals surface area contributed by atoms with Crippen molar-refractivity contribution in [1.82, 2.24) is 0 Å².